The standard InChI is InChI=1S/C19H24ClFN2O.ClH/c20-16-4-1-5-17(21)14(16)11-13-3-2-10-23(13)18(24)15-12-19(15)6-8-22-9-7-19;/h1,4-5,13,15,22H,2-3,6-12H2;1H. The van der Waals surface area contributed by atoms with Crippen molar-refractivity contribution < 1.29 is 9.18 Å². The summed E-state index contributed by atoms with van der Waals surface area (Å²) in [6.45, 7) is 2.86. The molecule has 2 atom stereocenters. The summed E-state index contributed by atoms with van der Waals surface area (Å²) >= 11 is 6.18. The second kappa shape index (κ2) is 7.42. The third kappa shape index (κ3) is 3.54. The van der Waals surface area contributed by atoms with Crippen LogP contribution >= 0.6 is 24.0 Å². The van der Waals surface area contributed by atoms with Crippen LogP contribution in [-0.2, 0) is 11.2 Å². The van der Waals surface area contributed by atoms with Crippen LogP contribution in [0.2, 0.25) is 5.02 Å². The topological polar surface area (TPSA) is 32.3 Å². The minimum absolute atomic E-state index is 0. The fourth-order valence-electron chi connectivity index (χ4n) is 4.68. The summed E-state index contributed by atoms with van der Waals surface area (Å²) in [5.74, 6) is 0.228. The molecule has 3 aliphatic rings. The molecular weight excluding hydrogens is 362 g/mol. The van der Waals surface area contributed by atoms with Gasteiger partial charge in [-0.15, -0.1) is 12.4 Å². The lowest BCUT2D eigenvalue weighted by Crippen LogP contribution is -2.40. The number of hydrogen-bond donors (Lipinski definition) is 1. The maximum absolute atomic E-state index is 14.1. The number of hydrogen-bond acceptors (Lipinski definition) is 2. The Hall–Kier alpha value is -0.840. The van der Waals surface area contributed by atoms with Crippen LogP contribution in [0.25, 0.3) is 0 Å². The lowest BCUT2D eigenvalue weighted by molar-refractivity contribution is -0.134. The molecule has 2 unspecified atom stereocenters. The van der Waals surface area contributed by atoms with E-state index >= 15 is 0 Å². The molecule has 2 saturated heterocycles. The van der Waals surface area contributed by atoms with Crippen LogP contribution in [0.15, 0.2) is 18.2 Å². The van der Waals surface area contributed by atoms with Crippen molar-refractivity contribution in [1.29, 1.82) is 0 Å². The zero-order valence-corrected chi connectivity index (χ0v) is 15.8. The fourth-order valence-corrected chi connectivity index (χ4v) is 4.92. The van der Waals surface area contributed by atoms with E-state index in [-0.39, 0.29) is 35.6 Å². The molecule has 0 bridgehead atoms. The Balaban J connectivity index is 0.00000182. The summed E-state index contributed by atoms with van der Waals surface area (Å²) in [5.41, 5.74) is 0.807. The van der Waals surface area contributed by atoms with Gasteiger partial charge in [-0.1, -0.05) is 17.7 Å². The Bertz CT molecular complexity index is 628. The van der Waals surface area contributed by atoms with Gasteiger partial charge in [-0.05, 0) is 69.2 Å². The number of likely N-dealkylation sites (tertiary alicyclic amines) is 1. The maximum atomic E-state index is 14.1. The van der Waals surface area contributed by atoms with Gasteiger partial charge in [0.2, 0.25) is 5.91 Å². The average molecular weight is 387 g/mol. The van der Waals surface area contributed by atoms with Crippen molar-refractivity contribution in [2.75, 3.05) is 19.6 Å². The van der Waals surface area contributed by atoms with Crippen molar-refractivity contribution >= 4 is 29.9 Å². The molecular formula is C19H25Cl2FN2O. The maximum Gasteiger partial charge on any atom is 0.226 e. The van der Waals surface area contributed by atoms with Gasteiger partial charge < -0.3 is 10.2 Å². The molecule has 1 aliphatic carbocycles. The molecule has 25 heavy (non-hydrogen) atoms. The van der Waals surface area contributed by atoms with Gasteiger partial charge >= 0.3 is 0 Å². The lowest BCUT2D eigenvalue weighted by Gasteiger charge is -2.28. The quantitative estimate of drug-likeness (QED) is 0.855. The van der Waals surface area contributed by atoms with E-state index in [9.17, 15) is 9.18 Å². The van der Waals surface area contributed by atoms with Crippen LogP contribution in [-0.4, -0.2) is 36.5 Å². The molecule has 1 spiro atoms. The second-order valence-corrected chi connectivity index (χ2v) is 8.01. The molecule has 3 nitrogen and oxygen atoms in total. The van der Waals surface area contributed by atoms with Gasteiger partial charge in [0.25, 0.3) is 0 Å². The van der Waals surface area contributed by atoms with Crippen molar-refractivity contribution in [3.63, 3.8) is 0 Å². The summed E-state index contributed by atoms with van der Waals surface area (Å²) in [4.78, 5) is 15.0. The van der Waals surface area contributed by atoms with E-state index in [0.29, 0.717) is 22.9 Å². The minimum atomic E-state index is -0.261. The van der Waals surface area contributed by atoms with Crippen LogP contribution in [0.1, 0.15) is 37.7 Å². The SMILES string of the molecule is Cl.O=C(C1CC12CCNCC2)N1CCCC1Cc1c(F)cccc1Cl. The molecule has 0 aromatic heterocycles. The van der Waals surface area contributed by atoms with Crippen molar-refractivity contribution in [2.45, 2.75) is 44.6 Å². The number of benzene rings is 1. The monoisotopic (exact) mass is 386 g/mol. The highest BCUT2D eigenvalue weighted by Gasteiger charge is 2.59. The van der Waals surface area contributed by atoms with E-state index in [2.05, 4.69) is 5.32 Å². The van der Waals surface area contributed by atoms with Gasteiger partial charge in [0, 0.05) is 29.1 Å². The Labute approximate surface area is 159 Å². The molecule has 3 fully saturated rings. The van der Waals surface area contributed by atoms with E-state index in [1.165, 1.54) is 6.07 Å². The first kappa shape index (κ1) is 18.9. The molecule has 2 aliphatic heterocycles. The molecule has 1 aromatic carbocycles. The predicted molar refractivity (Wildman–Crippen MR) is 99.7 cm³/mol. The van der Waals surface area contributed by atoms with Crippen LogP contribution in [0, 0.1) is 17.2 Å². The first-order valence-electron chi connectivity index (χ1n) is 9.05. The Morgan fingerprint density at radius 1 is 1.36 bits per heavy atom. The number of nitrogens with zero attached hydrogens (tertiary/aromatic N) is 1. The third-order valence-corrected chi connectivity index (χ3v) is 6.60. The molecule has 6 heteroatoms. The predicted octanol–water partition coefficient (Wildman–Crippen LogP) is 3.82. The highest BCUT2D eigenvalue weighted by molar-refractivity contribution is 6.31. The number of halogens is 3. The van der Waals surface area contributed by atoms with Gasteiger partial charge in [0.05, 0.1) is 0 Å². The van der Waals surface area contributed by atoms with Gasteiger partial charge in [-0.3, -0.25) is 4.79 Å². The van der Waals surface area contributed by atoms with Crippen molar-refractivity contribution in [3.05, 3.63) is 34.6 Å². The molecule has 2 heterocycles. The van der Waals surface area contributed by atoms with Gasteiger partial charge in [0.15, 0.2) is 0 Å². The molecule has 1 saturated carbocycles. The van der Waals surface area contributed by atoms with E-state index in [0.717, 1.165) is 51.7 Å². The van der Waals surface area contributed by atoms with Crippen LogP contribution in [0.5, 0.6) is 0 Å². The number of amides is 1. The zero-order valence-electron chi connectivity index (χ0n) is 14.3. The fraction of sp³-hybridized carbons (Fsp3) is 0.632. The van der Waals surface area contributed by atoms with E-state index in [4.69, 9.17) is 11.6 Å². The number of carbonyl (C=O) groups is 1. The zero-order chi connectivity index (χ0) is 16.7. The Morgan fingerprint density at radius 3 is 2.84 bits per heavy atom. The summed E-state index contributed by atoms with van der Waals surface area (Å²) in [5, 5.41) is 3.85. The third-order valence-electron chi connectivity index (χ3n) is 6.25. The highest BCUT2D eigenvalue weighted by atomic mass is 35.5. The van der Waals surface area contributed by atoms with Crippen molar-refractivity contribution in [2.24, 2.45) is 11.3 Å². The summed E-state index contributed by atoms with van der Waals surface area (Å²) in [7, 11) is 0. The number of piperidine rings is 1. The second-order valence-electron chi connectivity index (χ2n) is 7.60. The molecule has 0 radical (unpaired) electrons. The normalized spacial score (nSPS) is 27.2. The largest absolute Gasteiger partial charge is 0.339 e. The van der Waals surface area contributed by atoms with Crippen molar-refractivity contribution in [1.82, 2.24) is 10.2 Å². The Kier molecular flexibility index (Phi) is 5.62. The van der Waals surface area contributed by atoms with E-state index in [1.807, 2.05) is 4.90 Å². The van der Waals surface area contributed by atoms with Crippen molar-refractivity contribution in [3.8, 4) is 0 Å². The molecule has 1 N–H and O–H groups in total. The number of nitrogens with one attached hydrogen (secondary N) is 1. The van der Waals surface area contributed by atoms with Crippen LogP contribution in [0.3, 0.4) is 0 Å². The summed E-state index contributed by atoms with van der Waals surface area (Å²) in [6.07, 6.45) is 5.74. The van der Waals surface area contributed by atoms with Gasteiger partial charge in [0.1, 0.15) is 5.82 Å². The van der Waals surface area contributed by atoms with Crippen LogP contribution in [0.4, 0.5) is 4.39 Å². The molecule has 138 valence electrons. The first-order chi connectivity index (χ1) is 11.6. The number of carbonyl (C=O) groups excluding carboxylic acids is 1. The highest BCUT2D eigenvalue weighted by Crippen LogP contribution is 2.59. The average Bonchev–Trinajstić information content (AvgIpc) is 3.05. The first-order valence-corrected chi connectivity index (χ1v) is 9.43. The lowest BCUT2D eigenvalue weighted by atomic mass is 9.91. The summed E-state index contributed by atoms with van der Waals surface area (Å²) in [6, 6.07) is 4.90. The number of rotatable bonds is 3. The van der Waals surface area contributed by atoms with E-state index in [1.54, 1.807) is 12.1 Å². The Morgan fingerprint density at radius 2 is 2.12 bits per heavy atom. The summed E-state index contributed by atoms with van der Waals surface area (Å²) < 4.78 is 14.1. The molecule has 1 amide bonds. The molecule has 1 aromatic rings. The minimum Gasteiger partial charge on any atom is -0.339 e. The van der Waals surface area contributed by atoms with E-state index < -0.39 is 0 Å². The molecule has 4 rings (SSSR count). The smallest absolute Gasteiger partial charge is 0.226 e. The van der Waals surface area contributed by atoms with Gasteiger partial charge in [-0.2, -0.15) is 0 Å². The van der Waals surface area contributed by atoms with Gasteiger partial charge in [-0.25, -0.2) is 4.39 Å². The van der Waals surface area contributed by atoms with Crippen LogP contribution < -0.4 is 5.32 Å².